The lowest BCUT2D eigenvalue weighted by molar-refractivity contribution is -0.207. The SMILES string of the molecule is CC1(C)OC[C@H]([C@@H]2OCCOCCN(CCCO)CCOCCO[C@H]2[C@H]2COC(C)(C)O2)O1. The average molecular weight is 478 g/mol. The Labute approximate surface area is 197 Å². The molecule has 0 aromatic rings. The highest BCUT2D eigenvalue weighted by molar-refractivity contribution is 4.91. The molecule has 0 amide bonds. The first-order chi connectivity index (χ1) is 15.8. The number of nitrogens with zero attached hydrogens (tertiary/aromatic N) is 1. The number of ether oxygens (including phenoxy) is 8. The standard InChI is InChI=1S/C23H43NO9/c1-22(2)30-16-18(32-22)20-21(19-17-31-23(3,4)33-19)29-15-13-27-11-8-24(6-5-9-25)7-10-26-12-14-28-20/h18-21,25H,5-17H2,1-4H3/t18-,19-,20+,21+/m1/s1. The Hall–Kier alpha value is -0.400. The molecule has 0 saturated carbocycles. The molecule has 0 spiro atoms. The number of rotatable bonds is 5. The largest absolute Gasteiger partial charge is 0.396 e. The van der Waals surface area contributed by atoms with Crippen molar-refractivity contribution in [3.63, 3.8) is 0 Å². The summed E-state index contributed by atoms with van der Waals surface area (Å²) in [6, 6.07) is 0. The number of hydrogen-bond acceptors (Lipinski definition) is 10. The first kappa shape index (κ1) is 27.2. The van der Waals surface area contributed by atoms with Crippen molar-refractivity contribution in [1.29, 1.82) is 0 Å². The smallest absolute Gasteiger partial charge is 0.163 e. The molecule has 0 radical (unpaired) electrons. The van der Waals surface area contributed by atoms with Crippen LogP contribution in [-0.2, 0) is 37.9 Å². The van der Waals surface area contributed by atoms with Gasteiger partial charge in [0.05, 0.1) is 52.9 Å². The summed E-state index contributed by atoms with van der Waals surface area (Å²) in [5, 5.41) is 9.14. The predicted octanol–water partition coefficient (Wildman–Crippen LogP) is 0.791. The van der Waals surface area contributed by atoms with Gasteiger partial charge in [-0.1, -0.05) is 0 Å². The van der Waals surface area contributed by atoms with E-state index in [4.69, 9.17) is 43.0 Å². The molecular formula is C23H43NO9. The van der Waals surface area contributed by atoms with Crippen molar-refractivity contribution >= 4 is 0 Å². The van der Waals surface area contributed by atoms with Crippen LogP contribution in [0.1, 0.15) is 34.1 Å². The van der Waals surface area contributed by atoms with Gasteiger partial charge in [-0.25, -0.2) is 0 Å². The fourth-order valence-corrected chi connectivity index (χ4v) is 4.29. The number of hydrogen-bond donors (Lipinski definition) is 1. The van der Waals surface area contributed by atoms with Crippen LogP contribution in [0.5, 0.6) is 0 Å². The van der Waals surface area contributed by atoms with Crippen LogP contribution in [0.3, 0.4) is 0 Å². The molecule has 3 aliphatic rings. The summed E-state index contributed by atoms with van der Waals surface area (Å²) in [5.74, 6) is -1.36. The lowest BCUT2D eigenvalue weighted by atomic mass is 10.0. The Balaban J connectivity index is 1.66. The lowest BCUT2D eigenvalue weighted by Crippen LogP contribution is -2.51. The van der Waals surface area contributed by atoms with Crippen molar-refractivity contribution in [2.75, 3.05) is 79.1 Å². The molecule has 3 saturated heterocycles. The fraction of sp³-hybridized carbons (Fsp3) is 1.00. The Morgan fingerprint density at radius 3 is 1.61 bits per heavy atom. The Bertz CT molecular complexity index is 518. The van der Waals surface area contributed by atoms with Crippen molar-refractivity contribution in [1.82, 2.24) is 4.90 Å². The van der Waals surface area contributed by atoms with Gasteiger partial charge in [-0.15, -0.1) is 0 Å². The van der Waals surface area contributed by atoms with Crippen LogP contribution in [0.15, 0.2) is 0 Å². The van der Waals surface area contributed by atoms with Crippen molar-refractivity contribution in [2.24, 2.45) is 0 Å². The van der Waals surface area contributed by atoms with Gasteiger partial charge in [0.2, 0.25) is 0 Å². The summed E-state index contributed by atoms with van der Waals surface area (Å²) in [6.45, 7) is 13.8. The van der Waals surface area contributed by atoms with E-state index >= 15 is 0 Å². The zero-order valence-corrected chi connectivity index (χ0v) is 20.7. The van der Waals surface area contributed by atoms with Crippen LogP contribution < -0.4 is 0 Å². The normalized spacial score (nSPS) is 35.2. The third-order valence-corrected chi connectivity index (χ3v) is 5.93. The highest BCUT2D eigenvalue weighted by Crippen LogP contribution is 2.32. The predicted molar refractivity (Wildman–Crippen MR) is 119 cm³/mol. The number of aliphatic hydroxyl groups excluding tert-OH is 1. The maximum absolute atomic E-state index is 9.14. The lowest BCUT2D eigenvalue weighted by Gasteiger charge is -2.34. The fourth-order valence-electron chi connectivity index (χ4n) is 4.29. The van der Waals surface area contributed by atoms with Crippen LogP contribution in [0.2, 0.25) is 0 Å². The molecule has 3 heterocycles. The van der Waals surface area contributed by atoms with E-state index in [9.17, 15) is 0 Å². The van der Waals surface area contributed by atoms with E-state index in [1.807, 2.05) is 27.7 Å². The minimum Gasteiger partial charge on any atom is -0.396 e. The summed E-state index contributed by atoms with van der Waals surface area (Å²) in [4.78, 5) is 2.24. The van der Waals surface area contributed by atoms with Gasteiger partial charge in [0.1, 0.15) is 24.4 Å². The topological polar surface area (TPSA) is 97.3 Å². The molecular weight excluding hydrogens is 434 g/mol. The average Bonchev–Trinajstić information content (AvgIpc) is 3.30. The molecule has 0 aromatic carbocycles. The van der Waals surface area contributed by atoms with E-state index < -0.39 is 23.8 Å². The van der Waals surface area contributed by atoms with Crippen molar-refractivity contribution in [3.05, 3.63) is 0 Å². The van der Waals surface area contributed by atoms with E-state index in [1.165, 1.54) is 0 Å². The molecule has 3 rings (SSSR count). The van der Waals surface area contributed by atoms with Crippen LogP contribution in [0, 0.1) is 0 Å². The van der Waals surface area contributed by atoms with Crippen molar-refractivity contribution in [2.45, 2.75) is 70.1 Å². The van der Waals surface area contributed by atoms with Gasteiger partial charge in [0.15, 0.2) is 11.6 Å². The van der Waals surface area contributed by atoms with Crippen LogP contribution in [0.25, 0.3) is 0 Å². The minimum absolute atomic E-state index is 0.177. The molecule has 0 aromatic heterocycles. The summed E-state index contributed by atoms with van der Waals surface area (Å²) in [5.41, 5.74) is 0. The van der Waals surface area contributed by atoms with E-state index in [1.54, 1.807) is 0 Å². The van der Waals surface area contributed by atoms with Gasteiger partial charge >= 0.3 is 0 Å². The maximum atomic E-state index is 9.14. The van der Waals surface area contributed by atoms with Gasteiger partial charge in [0, 0.05) is 26.2 Å². The monoisotopic (exact) mass is 477 g/mol. The van der Waals surface area contributed by atoms with Crippen molar-refractivity contribution in [3.8, 4) is 0 Å². The summed E-state index contributed by atoms with van der Waals surface area (Å²) in [7, 11) is 0. The quantitative estimate of drug-likeness (QED) is 0.612. The van der Waals surface area contributed by atoms with Crippen LogP contribution >= 0.6 is 0 Å². The number of aliphatic hydroxyl groups is 1. The van der Waals surface area contributed by atoms with E-state index in [2.05, 4.69) is 4.90 Å². The second-order valence-electron chi connectivity index (χ2n) is 9.55. The van der Waals surface area contributed by atoms with Gasteiger partial charge in [-0.2, -0.15) is 0 Å². The third kappa shape index (κ3) is 8.96. The first-order valence-electron chi connectivity index (χ1n) is 12.2. The second kappa shape index (κ2) is 13.1. The molecule has 3 aliphatic heterocycles. The van der Waals surface area contributed by atoms with E-state index in [0.29, 0.717) is 52.9 Å². The molecule has 4 atom stereocenters. The molecule has 33 heavy (non-hydrogen) atoms. The highest BCUT2D eigenvalue weighted by Gasteiger charge is 2.48. The van der Waals surface area contributed by atoms with Crippen LogP contribution in [0.4, 0.5) is 0 Å². The van der Waals surface area contributed by atoms with Gasteiger partial charge in [0.25, 0.3) is 0 Å². The molecule has 194 valence electrons. The Kier molecular flexibility index (Phi) is 10.8. The van der Waals surface area contributed by atoms with E-state index in [-0.39, 0.29) is 18.8 Å². The molecule has 10 heteroatoms. The maximum Gasteiger partial charge on any atom is 0.163 e. The highest BCUT2D eigenvalue weighted by atomic mass is 16.8. The van der Waals surface area contributed by atoms with Gasteiger partial charge in [-0.3, -0.25) is 4.90 Å². The van der Waals surface area contributed by atoms with E-state index in [0.717, 1.165) is 26.1 Å². The zero-order valence-electron chi connectivity index (χ0n) is 20.7. The molecule has 0 bridgehead atoms. The third-order valence-electron chi connectivity index (χ3n) is 5.93. The summed E-state index contributed by atoms with van der Waals surface area (Å²) >= 11 is 0. The summed E-state index contributed by atoms with van der Waals surface area (Å²) < 4.78 is 48.2. The minimum atomic E-state index is -0.681. The molecule has 3 fully saturated rings. The Morgan fingerprint density at radius 2 is 1.21 bits per heavy atom. The second-order valence-corrected chi connectivity index (χ2v) is 9.55. The van der Waals surface area contributed by atoms with Crippen LogP contribution in [-0.4, -0.2) is 125 Å². The van der Waals surface area contributed by atoms with Gasteiger partial charge < -0.3 is 43.0 Å². The first-order valence-corrected chi connectivity index (χ1v) is 12.2. The Morgan fingerprint density at radius 1 is 0.727 bits per heavy atom. The van der Waals surface area contributed by atoms with Gasteiger partial charge in [-0.05, 0) is 34.1 Å². The molecule has 0 aliphatic carbocycles. The summed E-state index contributed by atoms with van der Waals surface area (Å²) in [6.07, 6.45) is -0.700. The molecule has 10 nitrogen and oxygen atoms in total. The molecule has 1 N–H and O–H groups in total. The zero-order chi connectivity index (χ0) is 23.7. The molecule has 0 unspecified atom stereocenters. The van der Waals surface area contributed by atoms with Crippen molar-refractivity contribution < 1.29 is 43.0 Å².